The van der Waals surface area contributed by atoms with Crippen molar-refractivity contribution in [1.82, 2.24) is 10.2 Å². The number of aromatic nitrogens is 2. The van der Waals surface area contributed by atoms with Crippen molar-refractivity contribution in [2.45, 2.75) is 0 Å². The van der Waals surface area contributed by atoms with Gasteiger partial charge in [0.1, 0.15) is 17.3 Å². The third-order valence-electron chi connectivity index (χ3n) is 3.15. The van der Waals surface area contributed by atoms with Crippen molar-refractivity contribution in [3.8, 4) is 11.3 Å². The van der Waals surface area contributed by atoms with E-state index in [4.69, 9.17) is 11.6 Å². The van der Waals surface area contributed by atoms with Gasteiger partial charge >= 0.3 is 0 Å². The third kappa shape index (κ3) is 3.22. The lowest BCUT2D eigenvalue weighted by Gasteiger charge is -2.04. The SMILES string of the molecule is O=C(Nc1cc(F)ccc1F)c1cc(-c2ccccc2Cl)n[nH]1. The maximum atomic E-state index is 13.5. The zero-order valence-corrected chi connectivity index (χ0v) is 12.4. The molecular formula is C16H10ClF2N3O. The Kier molecular flexibility index (Phi) is 4.08. The van der Waals surface area contributed by atoms with Crippen molar-refractivity contribution < 1.29 is 13.6 Å². The van der Waals surface area contributed by atoms with E-state index in [0.29, 0.717) is 16.3 Å². The number of carbonyl (C=O) groups is 1. The number of hydrogen-bond acceptors (Lipinski definition) is 2. The molecule has 3 aromatic rings. The third-order valence-corrected chi connectivity index (χ3v) is 3.48. The fourth-order valence-corrected chi connectivity index (χ4v) is 2.26. The molecule has 0 radical (unpaired) electrons. The van der Waals surface area contributed by atoms with E-state index in [-0.39, 0.29) is 11.4 Å². The minimum atomic E-state index is -0.731. The summed E-state index contributed by atoms with van der Waals surface area (Å²) in [5.74, 6) is -2.02. The number of aromatic amines is 1. The molecule has 4 nitrogen and oxygen atoms in total. The van der Waals surface area contributed by atoms with E-state index >= 15 is 0 Å². The Morgan fingerprint density at radius 2 is 1.91 bits per heavy atom. The van der Waals surface area contributed by atoms with Gasteiger partial charge in [0.25, 0.3) is 5.91 Å². The molecule has 0 saturated heterocycles. The van der Waals surface area contributed by atoms with E-state index in [2.05, 4.69) is 15.5 Å². The van der Waals surface area contributed by atoms with Crippen LogP contribution in [0.5, 0.6) is 0 Å². The average Bonchev–Trinajstić information content (AvgIpc) is 3.01. The van der Waals surface area contributed by atoms with Gasteiger partial charge < -0.3 is 5.32 Å². The van der Waals surface area contributed by atoms with E-state index in [1.54, 1.807) is 24.3 Å². The summed E-state index contributed by atoms with van der Waals surface area (Å²) in [6, 6.07) is 11.3. The monoisotopic (exact) mass is 333 g/mol. The quantitative estimate of drug-likeness (QED) is 0.752. The lowest BCUT2D eigenvalue weighted by Crippen LogP contribution is -2.13. The summed E-state index contributed by atoms with van der Waals surface area (Å²) in [5.41, 5.74) is 0.981. The van der Waals surface area contributed by atoms with Gasteiger partial charge in [0.15, 0.2) is 0 Å². The second-order valence-corrected chi connectivity index (χ2v) is 5.13. The molecule has 0 bridgehead atoms. The van der Waals surface area contributed by atoms with E-state index in [1.165, 1.54) is 6.07 Å². The standard InChI is InChI=1S/C16H10ClF2N3O/c17-11-4-2-1-3-10(11)13-8-15(22-21-13)16(23)20-14-7-9(18)5-6-12(14)19/h1-8H,(H,20,23)(H,21,22). The summed E-state index contributed by atoms with van der Waals surface area (Å²) < 4.78 is 26.7. The van der Waals surface area contributed by atoms with Crippen molar-refractivity contribution >= 4 is 23.2 Å². The molecule has 0 unspecified atom stereocenters. The Hall–Kier alpha value is -2.73. The highest BCUT2D eigenvalue weighted by Gasteiger charge is 2.14. The van der Waals surface area contributed by atoms with Gasteiger partial charge in [0.05, 0.1) is 16.4 Å². The van der Waals surface area contributed by atoms with Crippen LogP contribution in [0.25, 0.3) is 11.3 Å². The van der Waals surface area contributed by atoms with Crippen LogP contribution in [0.4, 0.5) is 14.5 Å². The lowest BCUT2D eigenvalue weighted by molar-refractivity contribution is 0.102. The predicted molar refractivity (Wildman–Crippen MR) is 83.3 cm³/mol. The van der Waals surface area contributed by atoms with Gasteiger partial charge in [-0.3, -0.25) is 9.89 Å². The minimum Gasteiger partial charge on any atom is -0.318 e. The molecule has 116 valence electrons. The van der Waals surface area contributed by atoms with Crippen LogP contribution in [0.15, 0.2) is 48.5 Å². The van der Waals surface area contributed by atoms with Crippen molar-refractivity contribution in [3.63, 3.8) is 0 Å². The molecule has 1 amide bonds. The fraction of sp³-hybridized carbons (Fsp3) is 0. The maximum Gasteiger partial charge on any atom is 0.273 e. The average molecular weight is 334 g/mol. The molecule has 23 heavy (non-hydrogen) atoms. The molecular weight excluding hydrogens is 324 g/mol. The van der Waals surface area contributed by atoms with Gasteiger partial charge in [0.2, 0.25) is 0 Å². The minimum absolute atomic E-state index is 0.101. The van der Waals surface area contributed by atoms with Gasteiger partial charge in [-0.1, -0.05) is 29.8 Å². The highest BCUT2D eigenvalue weighted by atomic mass is 35.5. The summed E-state index contributed by atoms with van der Waals surface area (Å²) in [4.78, 5) is 12.1. The zero-order valence-electron chi connectivity index (χ0n) is 11.6. The molecule has 0 saturated carbocycles. The lowest BCUT2D eigenvalue weighted by atomic mass is 10.1. The molecule has 1 aromatic heterocycles. The molecule has 7 heteroatoms. The van der Waals surface area contributed by atoms with Crippen LogP contribution in [0.2, 0.25) is 5.02 Å². The zero-order chi connectivity index (χ0) is 16.4. The number of H-pyrrole nitrogens is 1. The molecule has 2 aromatic carbocycles. The summed E-state index contributed by atoms with van der Waals surface area (Å²) in [6.07, 6.45) is 0. The first kappa shape index (κ1) is 15.2. The van der Waals surface area contributed by atoms with Crippen LogP contribution < -0.4 is 5.32 Å². The highest BCUT2D eigenvalue weighted by molar-refractivity contribution is 6.33. The Labute approximate surface area is 135 Å². The van der Waals surface area contributed by atoms with E-state index in [0.717, 1.165) is 18.2 Å². The van der Waals surface area contributed by atoms with Gasteiger partial charge in [-0.15, -0.1) is 0 Å². The summed E-state index contributed by atoms with van der Waals surface area (Å²) in [7, 11) is 0. The Morgan fingerprint density at radius 3 is 2.70 bits per heavy atom. The number of hydrogen-bond donors (Lipinski definition) is 2. The van der Waals surface area contributed by atoms with Gasteiger partial charge in [0, 0.05) is 11.6 Å². The molecule has 1 heterocycles. The van der Waals surface area contributed by atoms with Crippen molar-refractivity contribution in [1.29, 1.82) is 0 Å². The summed E-state index contributed by atoms with van der Waals surface area (Å²) >= 11 is 6.07. The molecule has 0 aliphatic carbocycles. The smallest absolute Gasteiger partial charge is 0.273 e. The molecule has 0 fully saturated rings. The molecule has 3 rings (SSSR count). The molecule has 0 spiro atoms. The topological polar surface area (TPSA) is 57.8 Å². The summed E-state index contributed by atoms with van der Waals surface area (Å²) in [6.45, 7) is 0. The number of anilines is 1. The number of benzene rings is 2. The van der Waals surface area contributed by atoms with Crippen LogP contribution in [0, 0.1) is 11.6 Å². The predicted octanol–water partition coefficient (Wildman–Crippen LogP) is 4.26. The molecule has 0 aliphatic rings. The maximum absolute atomic E-state index is 13.5. The number of carbonyl (C=O) groups excluding carboxylic acids is 1. The number of amides is 1. The Bertz CT molecular complexity index is 879. The van der Waals surface area contributed by atoms with Gasteiger partial charge in [-0.05, 0) is 24.3 Å². The van der Waals surface area contributed by atoms with Crippen molar-refractivity contribution in [3.05, 3.63) is 70.9 Å². The van der Waals surface area contributed by atoms with Crippen molar-refractivity contribution in [2.24, 2.45) is 0 Å². The highest BCUT2D eigenvalue weighted by Crippen LogP contribution is 2.26. The van der Waals surface area contributed by atoms with Crippen LogP contribution in [-0.4, -0.2) is 16.1 Å². The van der Waals surface area contributed by atoms with E-state index in [9.17, 15) is 13.6 Å². The number of halogens is 3. The first-order chi connectivity index (χ1) is 11.0. The van der Waals surface area contributed by atoms with Gasteiger partial charge in [-0.2, -0.15) is 5.10 Å². The van der Waals surface area contributed by atoms with Gasteiger partial charge in [-0.25, -0.2) is 8.78 Å². The molecule has 0 aliphatic heterocycles. The fourth-order valence-electron chi connectivity index (χ4n) is 2.03. The summed E-state index contributed by atoms with van der Waals surface area (Å²) in [5, 5.41) is 9.34. The number of rotatable bonds is 3. The second kappa shape index (κ2) is 6.18. The van der Waals surface area contributed by atoms with E-state index < -0.39 is 17.5 Å². The molecule has 0 atom stereocenters. The Morgan fingerprint density at radius 1 is 1.13 bits per heavy atom. The van der Waals surface area contributed by atoms with Crippen LogP contribution in [0.3, 0.4) is 0 Å². The number of nitrogens with zero attached hydrogens (tertiary/aromatic N) is 1. The normalized spacial score (nSPS) is 10.6. The number of nitrogens with one attached hydrogen (secondary N) is 2. The molecule has 2 N–H and O–H groups in total. The van der Waals surface area contributed by atoms with Crippen LogP contribution in [0.1, 0.15) is 10.5 Å². The Balaban J connectivity index is 1.84. The van der Waals surface area contributed by atoms with Crippen LogP contribution in [-0.2, 0) is 0 Å². The second-order valence-electron chi connectivity index (χ2n) is 4.72. The van der Waals surface area contributed by atoms with Crippen LogP contribution >= 0.6 is 11.6 Å². The van der Waals surface area contributed by atoms with E-state index in [1.807, 2.05) is 0 Å². The first-order valence-corrected chi connectivity index (χ1v) is 6.99. The first-order valence-electron chi connectivity index (χ1n) is 6.61. The van der Waals surface area contributed by atoms with Crippen molar-refractivity contribution in [2.75, 3.05) is 5.32 Å². The largest absolute Gasteiger partial charge is 0.318 e.